The van der Waals surface area contributed by atoms with Gasteiger partial charge in [0.25, 0.3) is 5.91 Å². The average Bonchev–Trinajstić information content (AvgIpc) is 2.66. The van der Waals surface area contributed by atoms with E-state index in [4.69, 9.17) is 5.11 Å². The summed E-state index contributed by atoms with van der Waals surface area (Å²) in [6.07, 6.45) is 3.08. The van der Waals surface area contributed by atoms with Gasteiger partial charge in [-0.1, -0.05) is 43.7 Å². The highest BCUT2D eigenvalue weighted by atomic mass is 16.3. The van der Waals surface area contributed by atoms with Crippen LogP contribution in [0.5, 0.6) is 0 Å². The Hall–Kier alpha value is -2.67. The molecule has 0 spiro atoms. The molecule has 0 saturated heterocycles. The lowest BCUT2D eigenvalue weighted by Gasteiger charge is -2.38. The van der Waals surface area contributed by atoms with E-state index in [1.807, 2.05) is 35.2 Å². The highest BCUT2D eigenvalue weighted by Crippen LogP contribution is 2.34. The summed E-state index contributed by atoms with van der Waals surface area (Å²) in [6, 6.07) is 9.88. The fourth-order valence-electron chi connectivity index (χ4n) is 2.93. The highest BCUT2D eigenvalue weighted by Gasteiger charge is 2.35. The summed E-state index contributed by atoms with van der Waals surface area (Å²) in [5.41, 5.74) is 1.44. The number of carbonyl (C=O) groups excluding carboxylic acids is 1. The number of nitrogens with zero attached hydrogens (tertiary/aromatic N) is 3. The maximum Gasteiger partial charge on any atom is 0.263 e. The van der Waals surface area contributed by atoms with Crippen LogP contribution in [-0.2, 0) is 0 Å². The smallest absolute Gasteiger partial charge is 0.263 e. The number of hydrogen-bond acceptors (Lipinski definition) is 6. The zero-order chi connectivity index (χ0) is 17.6. The fourth-order valence-corrected chi connectivity index (χ4v) is 2.93. The van der Waals surface area contributed by atoms with E-state index < -0.39 is 0 Å². The first-order valence-electron chi connectivity index (χ1n) is 8.58. The van der Waals surface area contributed by atoms with Gasteiger partial charge in [-0.15, -0.1) is 0 Å². The Morgan fingerprint density at radius 3 is 2.80 bits per heavy atom. The number of fused-ring (bicyclic) bond motifs is 1. The van der Waals surface area contributed by atoms with Gasteiger partial charge < -0.3 is 20.6 Å². The van der Waals surface area contributed by atoms with Crippen molar-refractivity contribution in [2.75, 3.05) is 30.3 Å². The van der Waals surface area contributed by atoms with E-state index >= 15 is 0 Å². The minimum Gasteiger partial charge on any atom is -0.395 e. The van der Waals surface area contributed by atoms with Gasteiger partial charge in [-0.2, -0.15) is 0 Å². The van der Waals surface area contributed by atoms with Crippen LogP contribution >= 0.6 is 0 Å². The summed E-state index contributed by atoms with van der Waals surface area (Å²) in [6.45, 7) is 3.04. The van der Waals surface area contributed by atoms with Crippen molar-refractivity contribution in [2.24, 2.45) is 0 Å². The molecule has 1 amide bonds. The Labute approximate surface area is 147 Å². The summed E-state index contributed by atoms with van der Waals surface area (Å²) >= 11 is 0. The molecular formula is C18H23N5O2. The fraction of sp³-hybridized carbons (Fsp3) is 0.389. The van der Waals surface area contributed by atoms with Gasteiger partial charge in [0, 0.05) is 13.1 Å². The number of benzene rings is 1. The van der Waals surface area contributed by atoms with Crippen LogP contribution in [0, 0.1) is 0 Å². The Balaban J connectivity index is 1.99. The van der Waals surface area contributed by atoms with E-state index in [9.17, 15) is 4.79 Å². The van der Waals surface area contributed by atoms with Crippen LogP contribution in [0.3, 0.4) is 0 Å². The van der Waals surface area contributed by atoms with E-state index in [1.54, 1.807) is 0 Å². The number of aliphatic hydroxyl groups is 1. The topological polar surface area (TPSA) is 90.4 Å². The van der Waals surface area contributed by atoms with Crippen LogP contribution in [0.1, 0.15) is 41.9 Å². The van der Waals surface area contributed by atoms with Gasteiger partial charge in [0.15, 0.2) is 0 Å². The Morgan fingerprint density at radius 2 is 2.08 bits per heavy atom. The lowest BCUT2D eigenvalue weighted by atomic mass is 10.1. The van der Waals surface area contributed by atoms with Gasteiger partial charge in [-0.3, -0.25) is 4.79 Å². The predicted octanol–water partition coefficient (Wildman–Crippen LogP) is 2.25. The molecule has 0 radical (unpaired) electrons. The first kappa shape index (κ1) is 17.2. The van der Waals surface area contributed by atoms with Gasteiger partial charge >= 0.3 is 0 Å². The molecule has 3 rings (SSSR count). The number of hydrogen-bond donors (Lipinski definition) is 3. The third-order valence-electron chi connectivity index (χ3n) is 4.18. The van der Waals surface area contributed by atoms with E-state index in [1.165, 1.54) is 6.33 Å². The Kier molecular flexibility index (Phi) is 5.45. The number of unbranched alkanes of at least 4 members (excludes halogenated alkanes) is 1. The summed E-state index contributed by atoms with van der Waals surface area (Å²) in [4.78, 5) is 23.5. The lowest BCUT2D eigenvalue weighted by Crippen LogP contribution is -2.44. The second-order valence-corrected chi connectivity index (χ2v) is 5.91. The predicted molar refractivity (Wildman–Crippen MR) is 96.4 cm³/mol. The van der Waals surface area contributed by atoms with Crippen LogP contribution in [0.15, 0.2) is 36.7 Å². The molecule has 25 heavy (non-hydrogen) atoms. The van der Waals surface area contributed by atoms with Gasteiger partial charge in [0.1, 0.15) is 29.7 Å². The van der Waals surface area contributed by atoms with Crippen LogP contribution in [-0.4, -0.2) is 45.6 Å². The standard InChI is InChI=1S/C18H23N5O2/c1-2-3-10-23-17(13-7-5-4-6-8-13)22-16-14(18(23)25)15(19-9-11-24)20-12-21-16/h4-8,12,17,24H,2-3,9-11H2,1H3,(H2,19,20,21,22). The zero-order valence-corrected chi connectivity index (χ0v) is 14.3. The highest BCUT2D eigenvalue weighted by molar-refractivity contribution is 6.05. The van der Waals surface area contributed by atoms with Crippen LogP contribution in [0.25, 0.3) is 0 Å². The van der Waals surface area contributed by atoms with Crippen molar-refractivity contribution in [2.45, 2.75) is 25.9 Å². The van der Waals surface area contributed by atoms with Gasteiger partial charge in [-0.05, 0) is 12.0 Å². The van der Waals surface area contributed by atoms with Crippen LogP contribution in [0.4, 0.5) is 11.6 Å². The van der Waals surface area contributed by atoms with E-state index in [-0.39, 0.29) is 18.7 Å². The summed E-state index contributed by atoms with van der Waals surface area (Å²) < 4.78 is 0. The molecule has 2 aromatic rings. The minimum atomic E-state index is -0.256. The first-order valence-corrected chi connectivity index (χ1v) is 8.58. The Bertz CT molecular complexity index is 723. The normalized spacial score (nSPS) is 16.3. The SMILES string of the molecule is CCCCN1C(=O)c2c(NCCO)ncnc2NC1c1ccccc1. The van der Waals surface area contributed by atoms with Crippen LogP contribution in [0.2, 0.25) is 0 Å². The molecule has 0 saturated carbocycles. The molecule has 1 aliphatic rings. The summed E-state index contributed by atoms with van der Waals surface area (Å²) in [5.74, 6) is 0.865. The molecule has 132 valence electrons. The molecule has 1 unspecified atom stereocenters. The van der Waals surface area contributed by atoms with E-state index in [2.05, 4.69) is 27.5 Å². The molecule has 0 bridgehead atoms. The maximum absolute atomic E-state index is 13.2. The second kappa shape index (κ2) is 7.94. The number of aromatic nitrogens is 2. The third kappa shape index (κ3) is 3.56. The largest absolute Gasteiger partial charge is 0.395 e. The zero-order valence-electron chi connectivity index (χ0n) is 14.3. The third-order valence-corrected chi connectivity index (χ3v) is 4.18. The number of rotatable bonds is 7. The number of nitrogens with one attached hydrogen (secondary N) is 2. The number of carbonyl (C=O) groups is 1. The quantitative estimate of drug-likeness (QED) is 0.716. The lowest BCUT2D eigenvalue weighted by molar-refractivity contribution is 0.0679. The molecule has 1 aromatic carbocycles. The molecule has 7 heteroatoms. The van der Waals surface area contributed by atoms with Crippen molar-refractivity contribution in [3.63, 3.8) is 0 Å². The Morgan fingerprint density at radius 1 is 1.28 bits per heavy atom. The molecule has 3 N–H and O–H groups in total. The molecule has 2 heterocycles. The maximum atomic E-state index is 13.2. The average molecular weight is 341 g/mol. The molecule has 0 fully saturated rings. The summed E-state index contributed by atoms with van der Waals surface area (Å²) in [7, 11) is 0. The van der Waals surface area contributed by atoms with E-state index in [0.717, 1.165) is 18.4 Å². The van der Waals surface area contributed by atoms with Gasteiger partial charge in [0.05, 0.1) is 6.61 Å². The minimum absolute atomic E-state index is 0.0351. The van der Waals surface area contributed by atoms with Crippen molar-refractivity contribution in [1.82, 2.24) is 14.9 Å². The van der Waals surface area contributed by atoms with Crippen LogP contribution < -0.4 is 10.6 Å². The first-order chi connectivity index (χ1) is 12.3. The molecule has 1 aromatic heterocycles. The summed E-state index contributed by atoms with van der Waals surface area (Å²) in [5, 5.41) is 15.4. The number of anilines is 2. The van der Waals surface area contributed by atoms with E-state index in [0.29, 0.717) is 30.3 Å². The monoisotopic (exact) mass is 341 g/mol. The van der Waals surface area contributed by atoms with Gasteiger partial charge in [-0.25, -0.2) is 9.97 Å². The van der Waals surface area contributed by atoms with Crippen molar-refractivity contribution in [3.05, 3.63) is 47.8 Å². The van der Waals surface area contributed by atoms with Gasteiger partial charge in [0.2, 0.25) is 0 Å². The molecule has 1 atom stereocenters. The molecule has 0 aliphatic carbocycles. The molecule has 1 aliphatic heterocycles. The van der Waals surface area contributed by atoms with Crippen molar-refractivity contribution in [1.29, 1.82) is 0 Å². The van der Waals surface area contributed by atoms with Crippen molar-refractivity contribution in [3.8, 4) is 0 Å². The van der Waals surface area contributed by atoms with Crippen molar-refractivity contribution < 1.29 is 9.90 Å². The number of amides is 1. The number of aliphatic hydroxyl groups excluding tert-OH is 1. The second-order valence-electron chi connectivity index (χ2n) is 5.91. The van der Waals surface area contributed by atoms with Crippen molar-refractivity contribution >= 4 is 17.5 Å². The molecular weight excluding hydrogens is 318 g/mol. The molecule has 7 nitrogen and oxygen atoms in total.